The molecule has 0 fully saturated rings. The highest BCUT2D eigenvalue weighted by Gasteiger charge is 2.25. The van der Waals surface area contributed by atoms with Crippen molar-refractivity contribution in [3.8, 4) is 22.3 Å². The molecule has 8 aromatic carbocycles. The van der Waals surface area contributed by atoms with E-state index in [1.165, 1.54) is 43.4 Å². The first-order valence-corrected chi connectivity index (χ1v) is 18.3. The summed E-state index contributed by atoms with van der Waals surface area (Å²) < 4.78 is 6.20. The summed E-state index contributed by atoms with van der Waals surface area (Å²) in [7, 11) is 0. The molecule has 1 aromatic heterocycles. The molecular formula is C48H32N2OS. The van der Waals surface area contributed by atoms with Crippen molar-refractivity contribution < 1.29 is 4.42 Å². The number of hydrogen-bond donors (Lipinski definition) is 0. The molecule has 0 amide bonds. The Balaban J connectivity index is 1.04. The predicted molar refractivity (Wildman–Crippen MR) is 218 cm³/mol. The zero-order chi connectivity index (χ0) is 34.4. The van der Waals surface area contributed by atoms with Gasteiger partial charge in [-0.25, -0.2) is 0 Å². The molecule has 0 bridgehead atoms. The van der Waals surface area contributed by atoms with Gasteiger partial charge in [-0.15, -0.1) is 0 Å². The number of benzene rings is 8. The summed E-state index contributed by atoms with van der Waals surface area (Å²) in [5, 5.41) is 2.22. The summed E-state index contributed by atoms with van der Waals surface area (Å²) >= 11 is 1.84. The number of furan rings is 1. The van der Waals surface area contributed by atoms with Gasteiger partial charge in [-0.05, 0) is 107 Å². The Kier molecular flexibility index (Phi) is 7.40. The number of nitrogens with zero attached hydrogens (tertiary/aromatic N) is 2. The Hall–Kier alpha value is -6.49. The van der Waals surface area contributed by atoms with Crippen molar-refractivity contribution in [2.75, 3.05) is 9.80 Å². The smallest absolute Gasteiger partial charge is 0.135 e. The quantitative estimate of drug-likeness (QED) is 0.174. The van der Waals surface area contributed by atoms with Gasteiger partial charge in [0, 0.05) is 43.3 Å². The van der Waals surface area contributed by atoms with Crippen LogP contribution in [-0.4, -0.2) is 0 Å². The molecule has 0 aliphatic carbocycles. The molecule has 10 rings (SSSR count). The van der Waals surface area contributed by atoms with Crippen LogP contribution in [0.3, 0.4) is 0 Å². The van der Waals surface area contributed by atoms with Crippen LogP contribution in [0, 0.1) is 0 Å². The van der Waals surface area contributed by atoms with Crippen LogP contribution in [-0.2, 0) is 0 Å². The van der Waals surface area contributed by atoms with Crippen molar-refractivity contribution in [1.29, 1.82) is 0 Å². The first kappa shape index (κ1) is 30.3. The van der Waals surface area contributed by atoms with Gasteiger partial charge >= 0.3 is 0 Å². The minimum atomic E-state index is 0.887. The maximum absolute atomic E-state index is 6.20. The van der Waals surface area contributed by atoms with E-state index >= 15 is 0 Å². The Morgan fingerprint density at radius 2 is 0.942 bits per heavy atom. The van der Waals surface area contributed by atoms with Crippen molar-refractivity contribution in [2.45, 2.75) is 9.79 Å². The lowest BCUT2D eigenvalue weighted by atomic mass is 10.0. The van der Waals surface area contributed by atoms with Gasteiger partial charge in [0.2, 0.25) is 0 Å². The van der Waals surface area contributed by atoms with E-state index in [0.717, 1.165) is 44.7 Å². The third-order valence-electron chi connectivity index (χ3n) is 9.85. The fourth-order valence-corrected chi connectivity index (χ4v) is 8.43. The number of hydrogen-bond acceptors (Lipinski definition) is 4. The Bertz CT molecular complexity index is 2700. The molecule has 0 saturated carbocycles. The lowest BCUT2D eigenvalue weighted by molar-refractivity contribution is 0.669. The molecule has 9 aromatic rings. The van der Waals surface area contributed by atoms with Gasteiger partial charge in [-0.3, -0.25) is 0 Å². The fourth-order valence-electron chi connectivity index (χ4n) is 7.33. The number of fused-ring (bicyclic) bond motifs is 5. The zero-order valence-electron chi connectivity index (χ0n) is 28.2. The normalized spacial score (nSPS) is 12.1. The highest BCUT2D eigenvalue weighted by molar-refractivity contribution is 7.99. The third kappa shape index (κ3) is 5.33. The van der Waals surface area contributed by atoms with Gasteiger partial charge in [-0.2, -0.15) is 0 Å². The number of anilines is 6. The molecule has 2 heterocycles. The van der Waals surface area contributed by atoms with Crippen LogP contribution in [0.2, 0.25) is 0 Å². The van der Waals surface area contributed by atoms with Crippen molar-refractivity contribution in [2.24, 2.45) is 0 Å². The standard InChI is InChI=1S/C48H32N2OS/c1-3-11-33(12-4-1)34-19-24-38(25-20-34)49(40-28-30-46-42(32-40)41-15-7-9-17-45(41)51-46)39-26-21-35(22-27-39)36-23-29-44-48(31-36)52-47-18-10-8-16-43(47)50(44)37-13-5-2-6-14-37/h1-32H. The Labute approximate surface area is 307 Å². The number of para-hydroxylation sites is 3. The van der Waals surface area contributed by atoms with Crippen LogP contribution in [0.1, 0.15) is 0 Å². The average molecular weight is 685 g/mol. The van der Waals surface area contributed by atoms with Gasteiger partial charge in [0.15, 0.2) is 0 Å². The molecule has 52 heavy (non-hydrogen) atoms. The second-order valence-electron chi connectivity index (χ2n) is 13.0. The van der Waals surface area contributed by atoms with Crippen LogP contribution >= 0.6 is 11.8 Å². The maximum atomic E-state index is 6.20. The third-order valence-corrected chi connectivity index (χ3v) is 11.0. The van der Waals surface area contributed by atoms with Crippen LogP contribution in [0.5, 0.6) is 0 Å². The second-order valence-corrected chi connectivity index (χ2v) is 14.1. The van der Waals surface area contributed by atoms with E-state index in [1.807, 2.05) is 23.9 Å². The van der Waals surface area contributed by atoms with Crippen LogP contribution < -0.4 is 9.80 Å². The van der Waals surface area contributed by atoms with Crippen molar-refractivity contribution >= 4 is 67.8 Å². The highest BCUT2D eigenvalue weighted by atomic mass is 32.2. The van der Waals surface area contributed by atoms with Crippen LogP contribution in [0.15, 0.2) is 208 Å². The van der Waals surface area contributed by atoms with E-state index in [4.69, 9.17) is 4.42 Å². The largest absolute Gasteiger partial charge is 0.456 e. The molecule has 0 spiro atoms. The summed E-state index contributed by atoms with van der Waals surface area (Å²) in [6.07, 6.45) is 0. The van der Waals surface area contributed by atoms with E-state index < -0.39 is 0 Å². The molecule has 1 aliphatic heterocycles. The first-order valence-electron chi connectivity index (χ1n) is 17.5. The Morgan fingerprint density at radius 1 is 0.385 bits per heavy atom. The molecule has 3 nitrogen and oxygen atoms in total. The second kappa shape index (κ2) is 12.7. The van der Waals surface area contributed by atoms with Crippen LogP contribution in [0.25, 0.3) is 44.2 Å². The van der Waals surface area contributed by atoms with Gasteiger partial charge in [0.05, 0.1) is 11.4 Å². The molecule has 246 valence electrons. The van der Waals surface area contributed by atoms with E-state index in [2.05, 4.69) is 192 Å². The molecule has 0 N–H and O–H groups in total. The van der Waals surface area contributed by atoms with Crippen molar-refractivity contribution in [1.82, 2.24) is 0 Å². The maximum Gasteiger partial charge on any atom is 0.135 e. The van der Waals surface area contributed by atoms with Crippen molar-refractivity contribution in [3.05, 3.63) is 194 Å². The molecule has 0 unspecified atom stereocenters. The summed E-state index contributed by atoms with van der Waals surface area (Å²) in [6.45, 7) is 0. The fraction of sp³-hybridized carbons (Fsp3) is 0. The lowest BCUT2D eigenvalue weighted by Gasteiger charge is -2.33. The minimum Gasteiger partial charge on any atom is -0.456 e. The van der Waals surface area contributed by atoms with Gasteiger partial charge in [0.1, 0.15) is 11.2 Å². The predicted octanol–water partition coefficient (Wildman–Crippen LogP) is 14.3. The summed E-state index contributed by atoms with van der Waals surface area (Å²) in [6, 6.07) is 69.2. The molecule has 0 radical (unpaired) electrons. The molecule has 0 atom stereocenters. The average Bonchev–Trinajstić information content (AvgIpc) is 3.59. The zero-order valence-corrected chi connectivity index (χ0v) is 29.0. The van der Waals surface area contributed by atoms with Gasteiger partial charge in [-0.1, -0.05) is 121 Å². The van der Waals surface area contributed by atoms with E-state index in [9.17, 15) is 0 Å². The lowest BCUT2D eigenvalue weighted by Crippen LogP contribution is -2.14. The molecule has 0 saturated heterocycles. The topological polar surface area (TPSA) is 19.6 Å². The van der Waals surface area contributed by atoms with E-state index in [-0.39, 0.29) is 0 Å². The van der Waals surface area contributed by atoms with Gasteiger partial charge < -0.3 is 14.2 Å². The monoisotopic (exact) mass is 684 g/mol. The van der Waals surface area contributed by atoms with Crippen LogP contribution in [0.4, 0.5) is 34.1 Å². The van der Waals surface area contributed by atoms with E-state index in [0.29, 0.717) is 0 Å². The first-order chi connectivity index (χ1) is 25.8. The minimum absolute atomic E-state index is 0.887. The van der Waals surface area contributed by atoms with Crippen molar-refractivity contribution in [3.63, 3.8) is 0 Å². The summed E-state index contributed by atoms with van der Waals surface area (Å²) in [5.74, 6) is 0. The summed E-state index contributed by atoms with van der Waals surface area (Å²) in [4.78, 5) is 7.19. The highest BCUT2D eigenvalue weighted by Crippen LogP contribution is 2.52. The Morgan fingerprint density at radius 3 is 1.71 bits per heavy atom. The molecule has 1 aliphatic rings. The number of rotatable bonds is 6. The SMILES string of the molecule is c1ccc(-c2ccc(N(c3ccc(-c4ccc5c(c4)Sc4ccccc4N5c4ccccc4)cc3)c3ccc4oc5ccccc5c4c3)cc2)cc1. The van der Waals surface area contributed by atoms with E-state index in [1.54, 1.807) is 0 Å². The summed E-state index contributed by atoms with van der Waals surface area (Å²) in [5.41, 5.74) is 13.4. The van der Waals surface area contributed by atoms with Gasteiger partial charge in [0.25, 0.3) is 0 Å². The molecule has 4 heteroatoms. The molecular weight excluding hydrogens is 653 g/mol.